The number of carbonyl (C=O) groups is 1. The minimum absolute atomic E-state index is 0. The summed E-state index contributed by atoms with van der Waals surface area (Å²) in [7, 11) is 0. The van der Waals surface area contributed by atoms with Crippen LogP contribution in [0.15, 0.2) is 17.6 Å². The Hall–Kier alpha value is -1.75. The Morgan fingerprint density at radius 3 is 2.77 bits per heavy atom. The van der Waals surface area contributed by atoms with Gasteiger partial charge in [0, 0.05) is 0 Å². The summed E-state index contributed by atoms with van der Waals surface area (Å²) in [6.07, 6.45) is 1.17. The first-order valence-electron chi connectivity index (χ1n) is 5.93. The number of aliphatic hydroxyl groups is 1. The minimum Gasteiger partial charge on any atom is -0.862 e. The van der Waals surface area contributed by atoms with Gasteiger partial charge in [-0.25, -0.2) is 19.7 Å². The maximum absolute atomic E-state index is 11.0. The Balaban J connectivity index is 0.00000242. The molecule has 0 amide bonds. The second-order valence-electron chi connectivity index (χ2n) is 4.33. The molecule has 0 radical (unpaired) electrons. The number of imidazole rings is 1. The molecule has 10 nitrogen and oxygen atoms in total. The van der Waals surface area contributed by atoms with Crippen molar-refractivity contribution in [2.75, 3.05) is 5.73 Å². The molecule has 2 aromatic rings. The van der Waals surface area contributed by atoms with E-state index in [0.717, 1.165) is 6.92 Å². The molecule has 2 aromatic heterocycles. The Kier molecular flexibility index (Phi) is 6.23. The number of nitrogens with zero attached hydrogens (tertiary/aromatic N) is 5. The summed E-state index contributed by atoms with van der Waals surface area (Å²) in [5, 5.41) is 29.9. The summed E-state index contributed by atoms with van der Waals surface area (Å²) >= 11 is 0. The zero-order valence-electron chi connectivity index (χ0n) is 12.0. The molecule has 0 aliphatic rings. The third kappa shape index (κ3) is 3.91. The summed E-state index contributed by atoms with van der Waals surface area (Å²) in [4.78, 5) is 26.2. The number of carboxylic acid groups (broad SMARTS) is 1. The number of hydrogen-bond acceptors (Lipinski definition) is 8. The van der Waals surface area contributed by atoms with Gasteiger partial charge in [0.15, 0.2) is 17.5 Å². The number of aliphatic hydroxyl groups excluding tert-OH is 1. The van der Waals surface area contributed by atoms with Gasteiger partial charge in [0.05, 0.1) is 12.9 Å². The Bertz CT molecular complexity index is 699. The normalized spacial score (nSPS) is 14.4. The van der Waals surface area contributed by atoms with Crippen LogP contribution in [0.2, 0.25) is 0 Å². The van der Waals surface area contributed by atoms with Gasteiger partial charge in [-0.3, -0.25) is 4.99 Å². The van der Waals surface area contributed by atoms with E-state index in [4.69, 9.17) is 10.8 Å². The van der Waals surface area contributed by atoms with Crippen LogP contribution in [0.4, 0.5) is 5.82 Å². The third-order valence-corrected chi connectivity index (χ3v) is 2.75. The average Bonchev–Trinajstić information content (AvgIpc) is 2.80. The fraction of sp³-hybridized carbons (Fsp3) is 0.364. The zero-order chi connectivity index (χ0) is 15.6. The Labute approximate surface area is 147 Å². The van der Waals surface area contributed by atoms with E-state index in [0.29, 0.717) is 11.2 Å². The van der Waals surface area contributed by atoms with E-state index in [1.54, 1.807) is 0 Å². The van der Waals surface area contributed by atoms with E-state index in [2.05, 4.69) is 19.9 Å². The number of nitrogen functional groups attached to an aromatic ring is 1. The molecule has 0 aromatic carbocycles. The topological polar surface area (TPSA) is 163 Å². The van der Waals surface area contributed by atoms with E-state index in [1.165, 1.54) is 17.2 Å². The summed E-state index contributed by atoms with van der Waals surface area (Å²) in [5.74, 6) is -1.89. The summed E-state index contributed by atoms with van der Waals surface area (Å²) in [6.45, 7) is 0.962. The SMILES string of the molecule is CC([O-])=N[C@@H](C(=O)O)[C@H](O)Cn1cnc2c(N)ncnc21.[Na+]. The number of rotatable bonds is 5. The molecule has 2 rings (SSSR count). The van der Waals surface area contributed by atoms with E-state index in [-0.39, 0.29) is 41.9 Å². The van der Waals surface area contributed by atoms with Gasteiger partial charge in [0.25, 0.3) is 0 Å². The molecule has 11 heteroatoms. The first kappa shape index (κ1) is 18.3. The molecule has 0 fully saturated rings. The molecule has 0 bridgehead atoms. The molecule has 0 saturated heterocycles. The van der Waals surface area contributed by atoms with Gasteiger partial charge in [-0.1, -0.05) is 0 Å². The summed E-state index contributed by atoms with van der Waals surface area (Å²) in [6, 6.07) is -1.56. The van der Waals surface area contributed by atoms with Crippen molar-refractivity contribution >= 4 is 28.8 Å². The van der Waals surface area contributed by atoms with Crippen molar-refractivity contribution in [3.63, 3.8) is 0 Å². The number of fused-ring (bicyclic) bond motifs is 1. The average molecular weight is 316 g/mol. The van der Waals surface area contributed by atoms with Crippen molar-refractivity contribution in [3.8, 4) is 0 Å². The van der Waals surface area contributed by atoms with Crippen LogP contribution < -0.4 is 40.4 Å². The molecule has 0 unspecified atom stereocenters. The first-order valence-corrected chi connectivity index (χ1v) is 5.93. The van der Waals surface area contributed by atoms with Gasteiger partial charge in [-0.05, 0) is 12.8 Å². The molecular formula is C11H13N6NaO4. The molecule has 0 aliphatic heterocycles. The van der Waals surface area contributed by atoms with Crippen molar-refractivity contribution in [1.29, 1.82) is 0 Å². The van der Waals surface area contributed by atoms with Crippen LogP contribution in [0.5, 0.6) is 0 Å². The second kappa shape index (κ2) is 7.49. The standard InChI is InChI=1S/C11H14N6O4.Na/c1-5(18)16-7(11(20)21)6(19)2-17-4-15-8-9(12)13-3-14-10(8)17;/h3-4,6-7,19H,2H2,1H3,(H,16,18)(H,20,21)(H2,12,13,14);/q;+1/p-1/t6-,7-;/m1./s1. The van der Waals surface area contributed by atoms with Gasteiger partial charge in [-0.15, -0.1) is 0 Å². The summed E-state index contributed by atoms with van der Waals surface area (Å²) < 4.78 is 1.42. The van der Waals surface area contributed by atoms with Gasteiger partial charge in [0.2, 0.25) is 0 Å². The largest absolute Gasteiger partial charge is 1.00 e. The Morgan fingerprint density at radius 2 is 2.18 bits per heavy atom. The van der Waals surface area contributed by atoms with Crippen molar-refractivity contribution in [2.45, 2.75) is 25.6 Å². The van der Waals surface area contributed by atoms with Gasteiger partial charge in [-0.2, -0.15) is 0 Å². The fourth-order valence-electron chi connectivity index (χ4n) is 1.84. The quantitative estimate of drug-likeness (QED) is 0.280. The number of nitrogens with two attached hydrogens (primary N) is 1. The number of hydrogen-bond donors (Lipinski definition) is 3. The van der Waals surface area contributed by atoms with Crippen molar-refractivity contribution in [2.24, 2.45) is 4.99 Å². The van der Waals surface area contributed by atoms with Crippen molar-refractivity contribution in [3.05, 3.63) is 12.7 Å². The van der Waals surface area contributed by atoms with Gasteiger partial charge < -0.3 is 25.6 Å². The minimum atomic E-state index is -1.56. The smallest absolute Gasteiger partial charge is 0.862 e. The fourth-order valence-corrected chi connectivity index (χ4v) is 1.84. The van der Waals surface area contributed by atoms with Gasteiger partial charge in [0.1, 0.15) is 17.9 Å². The predicted octanol–water partition coefficient (Wildman–Crippen LogP) is -4.99. The molecule has 4 N–H and O–H groups in total. The van der Waals surface area contributed by atoms with Crippen LogP contribution in [-0.2, 0) is 11.3 Å². The summed E-state index contributed by atoms with van der Waals surface area (Å²) in [5.41, 5.74) is 6.33. The maximum Gasteiger partial charge on any atom is 1.00 e. The number of carboxylic acids is 1. The van der Waals surface area contributed by atoms with Gasteiger partial charge >= 0.3 is 35.5 Å². The molecule has 0 saturated carbocycles. The van der Waals surface area contributed by atoms with Crippen LogP contribution >= 0.6 is 0 Å². The number of anilines is 1. The molecule has 112 valence electrons. The van der Waals surface area contributed by atoms with E-state index in [1.807, 2.05) is 0 Å². The molecular weight excluding hydrogens is 303 g/mol. The third-order valence-electron chi connectivity index (χ3n) is 2.75. The molecule has 0 aliphatic carbocycles. The van der Waals surface area contributed by atoms with Crippen molar-refractivity contribution < 1.29 is 49.7 Å². The Morgan fingerprint density at radius 1 is 1.50 bits per heavy atom. The molecule has 22 heavy (non-hydrogen) atoms. The zero-order valence-corrected chi connectivity index (χ0v) is 14.0. The number of aromatic nitrogens is 4. The first-order chi connectivity index (χ1) is 9.90. The van der Waals surface area contributed by atoms with Crippen LogP contribution in [0, 0.1) is 0 Å². The number of aliphatic carboxylic acids is 1. The second-order valence-corrected chi connectivity index (χ2v) is 4.33. The van der Waals surface area contributed by atoms with Crippen LogP contribution in [-0.4, -0.2) is 53.7 Å². The maximum atomic E-state index is 11.0. The van der Waals surface area contributed by atoms with E-state index < -0.39 is 24.0 Å². The van der Waals surface area contributed by atoms with Crippen LogP contribution in [0.1, 0.15) is 6.92 Å². The predicted molar refractivity (Wildman–Crippen MR) is 70.3 cm³/mol. The van der Waals surface area contributed by atoms with Crippen LogP contribution in [0.3, 0.4) is 0 Å². The van der Waals surface area contributed by atoms with E-state index >= 15 is 0 Å². The van der Waals surface area contributed by atoms with E-state index in [9.17, 15) is 15.0 Å². The molecule has 2 heterocycles. The van der Waals surface area contributed by atoms with Crippen molar-refractivity contribution in [1.82, 2.24) is 19.5 Å². The van der Waals surface area contributed by atoms with Crippen LogP contribution in [0.25, 0.3) is 11.2 Å². The monoisotopic (exact) mass is 316 g/mol. The molecule has 2 atom stereocenters. The number of aliphatic imine (C=N–C) groups is 1. The molecule has 0 spiro atoms.